The van der Waals surface area contributed by atoms with E-state index < -0.39 is 11.9 Å². The van der Waals surface area contributed by atoms with Crippen molar-refractivity contribution in [1.82, 2.24) is 9.78 Å². The van der Waals surface area contributed by atoms with Gasteiger partial charge in [-0.1, -0.05) is 0 Å². The Kier molecular flexibility index (Phi) is 3.85. The molecule has 1 aromatic heterocycles. The van der Waals surface area contributed by atoms with Crippen LogP contribution in [0.15, 0.2) is 24.3 Å². The van der Waals surface area contributed by atoms with E-state index in [0.29, 0.717) is 12.4 Å². The van der Waals surface area contributed by atoms with Gasteiger partial charge in [-0.3, -0.25) is 4.68 Å². The van der Waals surface area contributed by atoms with Crippen LogP contribution >= 0.6 is 0 Å². The minimum absolute atomic E-state index is 0.267. The maximum atomic E-state index is 13.7. The van der Waals surface area contributed by atoms with Crippen LogP contribution in [-0.4, -0.2) is 14.9 Å². The van der Waals surface area contributed by atoms with Crippen molar-refractivity contribution >= 4 is 0 Å². The number of aliphatic hydroxyl groups excluding tert-OH is 1. The highest BCUT2D eigenvalue weighted by Crippen LogP contribution is 2.22. The fraction of sp³-hybridized carbons (Fsp3) is 0.357. The summed E-state index contributed by atoms with van der Waals surface area (Å²) in [7, 11) is 1.84. The van der Waals surface area contributed by atoms with E-state index in [0.717, 1.165) is 11.4 Å². The number of hydrogen-bond donors (Lipinski definition) is 1. The van der Waals surface area contributed by atoms with Gasteiger partial charge in [0.05, 0.1) is 17.5 Å². The fourth-order valence-corrected chi connectivity index (χ4v) is 1.89. The number of aryl methyl sites for hydroxylation is 2. The van der Waals surface area contributed by atoms with Crippen molar-refractivity contribution in [3.05, 3.63) is 47.0 Å². The lowest BCUT2D eigenvalue weighted by Gasteiger charge is -2.10. The lowest BCUT2D eigenvalue weighted by atomic mass is 10.1. The molecule has 102 valence electrons. The Bertz CT molecular complexity index is 579. The fourth-order valence-electron chi connectivity index (χ4n) is 1.89. The summed E-state index contributed by atoms with van der Waals surface area (Å²) in [6, 6.07) is 6.38. The average molecular weight is 264 g/mol. The number of hydrogen-bond acceptors (Lipinski definition) is 3. The van der Waals surface area contributed by atoms with Gasteiger partial charge in [-0.25, -0.2) is 4.39 Å². The van der Waals surface area contributed by atoms with E-state index in [1.165, 1.54) is 19.1 Å². The number of rotatable bonds is 4. The van der Waals surface area contributed by atoms with E-state index in [1.54, 1.807) is 10.7 Å². The third-order valence-electron chi connectivity index (χ3n) is 2.91. The summed E-state index contributed by atoms with van der Waals surface area (Å²) in [5, 5.41) is 13.6. The van der Waals surface area contributed by atoms with E-state index in [1.807, 2.05) is 20.0 Å². The van der Waals surface area contributed by atoms with E-state index in [4.69, 9.17) is 4.74 Å². The zero-order valence-corrected chi connectivity index (χ0v) is 11.2. The van der Waals surface area contributed by atoms with Gasteiger partial charge in [0.15, 0.2) is 0 Å². The molecule has 1 atom stereocenters. The molecule has 4 nitrogen and oxygen atoms in total. The van der Waals surface area contributed by atoms with Crippen molar-refractivity contribution in [3.63, 3.8) is 0 Å². The summed E-state index contributed by atoms with van der Waals surface area (Å²) < 4.78 is 20.9. The zero-order valence-electron chi connectivity index (χ0n) is 11.2. The Balaban J connectivity index is 2.08. The molecule has 0 fully saturated rings. The predicted molar refractivity (Wildman–Crippen MR) is 69.3 cm³/mol. The average Bonchev–Trinajstić information content (AvgIpc) is 2.65. The molecule has 0 saturated carbocycles. The normalized spacial score (nSPS) is 12.5. The molecule has 2 aromatic rings. The van der Waals surface area contributed by atoms with E-state index >= 15 is 0 Å². The number of aliphatic hydroxyl groups is 1. The molecule has 0 saturated heterocycles. The summed E-state index contributed by atoms with van der Waals surface area (Å²) in [5.41, 5.74) is 2.10. The maximum absolute atomic E-state index is 13.7. The van der Waals surface area contributed by atoms with Crippen LogP contribution in [0.25, 0.3) is 0 Å². The van der Waals surface area contributed by atoms with Gasteiger partial charge in [-0.2, -0.15) is 5.10 Å². The second-order valence-electron chi connectivity index (χ2n) is 4.55. The van der Waals surface area contributed by atoms with Crippen molar-refractivity contribution < 1.29 is 14.2 Å². The molecule has 0 spiro atoms. The third-order valence-corrected chi connectivity index (χ3v) is 2.91. The molecule has 0 amide bonds. The summed E-state index contributed by atoms with van der Waals surface area (Å²) in [6.45, 7) is 3.75. The van der Waals surface area contributed by atoms with Gasteiger partial charge in [0.25, 0.3) is 0 Å². The first-order chi connectivity index (χ1) is 8.97. The van der Waals surface area contributed by atoms with Crippen LogP contribution in [0.5, 0.6) is 5.75 Å². The summed E-state index contributed by atoms with van der Waals surface area (Å²) in [4.78, 5) is 0. The van der Waals surface area contributed by atoms with Crippen LogP contribution in [0, 0.1) is 12.7 Å². The molecule has 5 heteroatoms. The first-order valence-corrected chi connectivity index (χ1v) is 6.07. The molecule has 0 aliphatic carbocycles. The number of ether oxygens (including phenoxy) is 1. The summed E-state index contributed by atoms with van der Waals surface area (Å²) >= 11 is 0. The van der Waals surface area contributed by atoms with E-state index in [9.17, 15) is 9.50 Å². The Hall–Kier alpha value is -1.88. The minimum atomic E-state index is -0.825. The Morgan fingerprint density at radius 2 is 2.16 bits per heavy atom. The molecule has 0 aliphatic heterocycles. The van der Waals surface area contributed by atoms with Crippen molar-refractivity contribution in [2.45, 2.75) is 26.6 Å². The number of halogens is 1. The second kappa shape index (κ2) is 5.40. The number of nitrogens with zero attached hydrogens (tertiary/aromatic N) is 2. The molecule has 0 aliphatic rings. The number of benzene rings is 1. The van der Waals surface area contributed by atoms with Crippen LogP contribution < -0.4 is 4.74 Å². The van der Waals surface area contributed by atoms with Gasteiger partial charge in [0.1, 0.15) is 18.2 Å². The molecular weight excluding hydrogens is 247 g/mol. The van der Waals surface area contributed by atoms with Crippen molar-refractivity contribution in [3.8, 4) is 5.75 Å². The summed E-state index contributed by atoms with van der Waals surface area (Å²) in [5.74, 6) is -0.0329. The smallest absolute Gasteiger partial charge is 0.132 e. The van der Waals surface area contributed by atoms with Crippen LogP contribution in [0.1, 0.15) is 30.0 Å². The molecule has 0 unspecified atom stereocenters. The Morgan fingerprint density at radius 1 is 1.42 bits per heavy atom. The second-order valence-corrected chi connectivity index (χ2v) is 4.55. The third kappa shape index (κ3) is 3.12. The molecule has 19 heavy (non-hydrogen) atoms. The van der Waals surface area contributed by atoms with Crippen LogP contribution in [-0.2, 0) is 13.7 Å². The lowest BCUT2D eigenvalue weighted by molar-refractivity contribution is 0.193. The predicted octanol–water partition coefficient (Wildman–Crippen LogP) is 2.50. The highest BCUT2D eigenvalue weighted by atomic mass is 19.1. The molecule has 1 N–H and O–H groups in total. The standard InChI is InChI=1S/C14H17FN2O2/c1-9-6-11(17(3)16-9)8-19-12-4-5-13(10(2)18)14(15)7-12/h4-7,10,18H,8H2,1-3H3/t10-/m0/s1. The van der Waals surface area contributed by atoms with E-state index in [2.05, 4.69) is 5.10 Å². The summed E-state index contributed by atoms with van der Waals surface area (Å²) in [6.07, 6.45) is -0.825. The molecule has 0 radical (unpaired) electrons. The minimum Gasteiger partial charge on any atom is -0.487 e. The van der Waals surface area contributed by atoms with E-state index in [-0.39, 0.29) is 5.56 Å². The quantitative estimate of drug-likeness (QED) is 0.923. The van der Waals surface area contributed by atoms with Crippen molar-refractivity contribution in [2.24, 2.45) is 7.05 Å². The molecule has 1 heterocycles. The van der Waals surface area contributed by atoms with Crippen molar-refractivity contribution in [2.75, 3.05) is 0 Å². The highest BCUT2D eigenvalue weighted by molar-refractivity contribution is 5.30. The van der Waals surface area contributed by atoms with Gasteiger partial charge in [0, 0.05) is 18.7 Å². The van der Waals surface area contributed by atoms with Gasteiger partial charge in [-0.05, 0) is 32.0 Å². The van der Waals surface area contributed by atoms with Gasteiger partial charge in [-0.15, -0.1) is 0 Å². The van der Waals surface area contributed by atoms with Crippen molar-refractivity contribution in [1.29, 1.82) is 0 Å². The lowest BCUT2D eigenvalue weighted by Crippen LogP contribution is -2.03. The zero-order chi connectivity index (χ0) is 14.0. The van der Waals surface area contributed by atoms with Crippen LogP contribution in [0.4, 0.5) is 4.39 Å². The molecule has 0 bridgehead atoms. The Labute approximate surface area is 111 Å². The highest BCUT2D eigenvalue weighted by Gasteiger charge is 2.09. The van der Waals surface area contributed by atoms with Crippen LogP contribution in [0.2, 0.25) is 0 Å². The molecule has 2 rings (SSSR count). The van der Waals surface area contributed by atoms with Gasteiger partial charge < -0.3 is 9.84 Å². The topological polar surface area (TPSA) is 47.3 Å². The number of aromatic nitrogens is 2. The monoisotopic (exact) mass is 264 g/mol. The molecule has 1 aromatic carbocycles. The first kappa shape index (κ1) is 13.5. The largest absolute Gasteiger partial charge is 0.487 e. The SMILES string of the molecule is Cc1cc(COc2ccc([C@H](C)O)c(F)c2)n(C)n1. The maximum Gasteiger partial charge on any atom is 0.132 e. The first-order valence-electron chi connectivity index (χ1n) is 6.07. The van der Waals surface area contributed by atoms with Gasteiger partial charge in [0.2, 0.25) is 0 Å². The van der Waals surface area contributed by atoms with Crippen LogP contribution in [0.3, 0.4) is 0 Å². The molecular formula is C14H17FN2O2. The van der Waals surface area contributed by atoms with Gasteiger partial charge >= 0.3 is 0 Å². The Morgan fingerprint density at radius 3 is 2.68 bits per heavy atom.